The van der Waals surface area contributed by atoms with E-state index in [4.69, 9.17) is 22.1 Å². The van der Waals surface area contributed by atoms with Gasteiger partial charge in [-0.2, -0.15) is 0 Å². The maximum Gasteiger partial charge on any atom is 0.224 e. The lowest BCUT2D eigenvalue weighted by atomic mass is 9.94. The van der Waals surface area contributed by atoms with Gasteiger partial charge in [-0.05, 0) is 37.4 Å². The summed E-state index contributed by atoms with van der Waals surface area (Å²) < 4.78 is 5.13. The maximum absolute atomic E-state index is 12.0. The van der Waals surface area contributed by atoms with E-state index in [2.05, 4.69) is 12.2 Å². The van der Waals surface area contributed by atoms with Crippen molar-refractivity contribution in [3.63, 3.8) is 0 Å². The average molecular weight is 313 g/mol. The largest absolute Gasteiger partial charge is 0.497 e. The molecular formula is C16H25ClN2O2. The van der Waals surface area contributed by atoms with E-state index in [0.29, 0.717) is 35.3 Å². The molecule has 1 aromatic carbocycles. The lowest BCUT2D eigenvalue weighted by Gasteiger charge is -2.15. The Bertz CT molecular complexity index is 446. The second-order valence-corrected chi connectivity index (χ2v) is 5.57. The van der Waals surface area contributed by atoms with E-state index in [-0.39, 0.29) is 5.91 Å². The highest BCUT2D eigenvalue weighted by Crippen LogP contribution is 2.27. The van der Waals surface area contributed by atoms with Gasteiger partial charge in [0, 0.05) is 12.5 Å². The van der Waals surface area contributed by atoms with E-state index in [0.717, 1.165) is 25.7 Å². The van der Waals surface area contributed by atoms with Crippen molar-refractivity contribution in [3.8, 4) is 5.75 Å². The average Bonchev–Trinajstić information content (AvgIpc) is 2.47. The summed E-state index contributed by atoms with van der Waals surface area (Å²) in [6.45, 7) is 2.83. The lowest BCUT2D eigenvalue weighted by Crippen LogP contribution is -2.15. The Balaban J connectivity index is 2.53. The molecular weight excluding hydrogens is 288 g/mol. The van der Waals surface area contributed by atoms with Crippen LogP contribution in [0, 0.1) is 5.92 Å². The molecule has 0 bridgehead atoms. The first-order valence-electron chi connectivity index (χ1n) is 7.44. The van der Waals surface area contributed by atoms with Crippen LogP contribution in [0.5, 0.6) is 5.75 Å². The zero-order valence-electron chi connectivity index (χ0n) is 12.8. The van der Waals surface area contributed by atoms with Crippen LogP contribution < -0.4 is 15.8 Å². The molecule has 0 heterocycles. The van der Waals surface area contributed by atoms with Gasteiger partial charge in [0.1, 0.15) is 5.75 Å². The molecule has 1 unspecified atom stereocenters. The second-order valence-electron chi connectivity index (χ2n) is 5.16. The number of methoxy groups -OCH3 is 1. The van der Waals surface area contributed by atoms with E-state index in [1.807, 2.05) is 0 Å². The first kappa shape index (κ1) is 17.8. The van der Waals surface area contributed by atoms with Crippen molar-refractivity contribution < 1.29 is 9.53 Å². The van der Waals surface area contributed by atoms with Crippen molar-refractivity contribution >= 4 is 23.2 Å². The summed E-state index contributed by atoms with van der Waals surface area (Å²) in [6.07, 6.45) is 4.55. The van der Waals surface area contributed by atoms with Crippen molar-refractivity contribution in [1.29, 1.82) is 0 Å². The first-order valence-corrected chi connectivity index (χ1v) is 7.82. The van der Waals surface area contributed by atoms with Crippen LogP contribution in [0.25, 0.3) is 0 Å². The number of benzene rings is 1. The zero-order chi connectivity index (χ0) is 15.7. The number of nitrogens with one attached hydrogen (secondary N) is 1. The Morgan fingerprint density at radius 2 is 2.14 bits per heavy atom. The minimum absolute atomic E-state index is 0.0247. The number of carbonyl (C=O) groups is 1. The van der Waals surface area contributed by atoms with Gasteiger partial charge in [0.2, 0.25) is 5.91 Å². The molecule has 0 fully saturated rings. The minimum Gasteiger partial charge on any atom is -0.497 e. The number of hydrogen-bond acceptors (Lipinski definition) is 3. The molecule has 0 aliphatic carbocycles. The van der Waals surface area contributed by atoms with Crippen LogP contribution in [0.3, 0.4) is 0 Å². The molecule has 1 aromatic rings. The van der Waals surface area contributed by atoms with E-state index in [1.54, 1.807) is 25.3 Å². The number of halogens is 1. The standard InChI is InChI=1S/C16H25ClN2O2/c1-3-4-12(9-10-18)5-8-16(20)19-15-11-13(21-2)6-7-14(15)17/h6-7,11-12H,3-5,8-10,18H2,1-2H3,(H,19,20). The highest BCUT2D eigenvalue weighted by Gasteiger charge is 2.12. The number of rotatable bonds is 9. The van der Waals surface area contributed by atoms with E-state index < -0.39 is 0 Å². The summed E-state index contributed by atoms with van der Waals surface area (Å²) in [5.74, 6) is 1.16. The summed E-state index contributed by atoms with van der Waals surface area (Å²) in [6, 6.07) is 5.20. The summed E-state index contributed by atoms with van der Waals surface area (Å²) in [7, 11) is 1.58. The van der Waals surface area contributed by atoms with Crippen molar-refractivity contribution in [2.24, 2.45) is 11.7 Å². The summed E-state index contributed by atoms with van der Waals surface area (Å²) in [5.41, 5.74) is 6.20. The number of hydrogen-bond donors (Lipinski definition) is 2. The molecule has 0 aliphatic heterocycles. The van der Waals surface area contributed by atoms with Crippen LogP contribution in [0.4, 0.5) is 5.69 Å². The lowest BCUT2D eigenvalue weighted by molar-refractivity contribution is -0.116. The van der Waals surface area contributed by atoms with Crippen LogP contribution >= 0.6 is 11.6 Å². The highest BCUT2D eigenvalue weighted by atomic mass is 35.5. The van der Waals surface area contributed by atoms with Gasteiger partial charge in [-0.15, -0.1) is 0 Å². The third-order valence-corrected chi connectivity index (χ3v) is 3.83. The van der Waals surface area contributed by atoms with Crippen LogP contribution in [0.1, 0.15) is 39.0 Å². The van der Waals surface area contributed by atoms with E-state index in [1.165, 1.54) is 0 Å². The van der Waals surface area contributed by atoms with Gasteiger partial charge in [0.05, 0.1) is 17.8 Å². The zero-order valence-corrected chi connectivity index (χ0v) is 13.6. The number of anilines is 1. The molecule has 0 aromatic heterocycles. The van der Waals surface area contributed by atoms with Crippen molar-refractivity contribution in [1.82, 2.24) is 0 Å². The molecule has 0 saturated heterocycles. The Labute approximate surface area is 132 Å². The van der Waals surface area contributed by atoms with Gasteiger partial charge < -0.3 is 15.8 Å². The third kappa shape index (κ3) is 6.36. The van der Waals surface area contributed by atoms with Crippen LogP contribution in [-0.2, 0) is 4.79 Å². The smallest absolute Gasteiger partial charge is 0.224 e. The Hall–Kier alpha value is -1.26. The molecule has 0 spiro atoms. The summed E-state index contributed by atoms with van der Waals surface area (Å²) in [4.78, 5) is 12.0. The Kier molecular flexibility index (Phi) is 8.16. The van der Waals surface area contributed by atoms with E-state index >= 15 is 0 Å². The molecule has 21 heavy (non-hydrogen) atoms. The molecule has 3 N–H and O–H groups in total. The van der Waals surface area contributed by atoms with Gasteiger partial charge >= 0.3 is 0 Å². The minimum atomic E-state index is -0.0247. The molecule has 1 amide bonds. The van der Waals surface area contributed by atoms with Crippen molar-refractivity contribution in [3.05, 3.63) is 23.2 Å². The van der Waals surface area contributed by atoms with Crippen molar-refractivity contribution in [2.45, 2.75) is 39.0 Å². The molecule has 1 atom stereocenters. The molecule has 0 aliphatic rings. The van der Waals surface area contributed by atoms with Gasteiger partial charge in [0.15, 0.2) is 0 Å². The van der Waals surface area contributed by atoms with Crippen LogP contribution in [0.2, 0.25) is 5.02 Å². The molecule has 0 saturated carbocycles. The summed E-state index contributed by atoms with van der Waals surface area (Å²) >= 11 is 6.07. The maximum atomic E-state index is 12.0. The number of amides is 1. The molecule has 0 radical (unpaired) electrons. The Morgan fingerprint density at radius 3 is 2.76 bits per heavy atom. The number of nitrogens with two attached hydrogens (primary N) is 1. The third-order valence-electron chi connectivity index (χ3n) is 3.50. The monoisotopic (exact) mass is 312 g/mol. The Morgan fingerprint density at radius 1 is 1.38 bits per heavy atom. The normalized spacial score (nSPS) is 12.0. The predicted octanol–water partition coefficient (Wildman–Crippen LogP) is 3.83. The van der Waals surface area contributed by atoms with Crippen LogP contribution in [-0.4, -0.2) is 19.6 Å². The van der Waals surface area contributed by atoms with Gasteiger partial charge in [0.25, 0.3) is 0 Å². The SMILES string of the molecule is CCCC(CCN)CCC(=O)Nc1cc(OC)ccc1Cl. The summed E-state index contributed by atoms with van der Waals surface area (Å²) in [5, 5.41) is 3.35. The van der Waals surface area contributed by atoms with Crippen molar-refractivity contribution in [2.75, 3.05) is 19.0 Å². The van der Waals surface area contributed by atoms with Gasteiger partial charge in [-0.3, -0.25) is 4.79 Å². The highest BCUT2D eigenvalue weighted by molar-refractivity contribution is 6.33. The van der Waals surface area contributed by atoms with Crippen LogP contribution in [0.15, 0.2) is 18.2 Å². The van der Waals surface area contributed by atoms with Gasteiger partial charge in [-0.25, -0.2) is 0 Å². The topological polar surface area (TPSA) is 64.4 Å². The fourth-order valence-electron chi connectivity index (χ4n) is 2.35. The second kappa shape index (κ2) is 9.64. The van der Waals surface area contributed by atoms with E-state index in [9.17, 15) is 4.79 Å². The fraction of sp³-hybridized carbons (Fsp3) is 0.562. The number of carbonyl (C=O) groups excluding carboxylic acids is 1. The van der Waals surface area contributed by atoms with Gasteiger partial charge in [-0.1, -0.05) is 31.4 Å². The fourth-order valence-corrected chi connectivity index (χ4v) is 2.52. The molecule has 4 nitrogen and oxygen atoms in total. The number of ether oxygens (including phenoxy) is 1. The molecule has 1 rings (SSSR count). The quantitative estimate of drug-likeness (QED) is 0.728. The predicted molar refractivity (Wildman–Crippen MR) is 87.9 cm³/mol. The molecule has 118 valence electrons. The first-order chi connectivity index (χ1) is 10.1. The molecule has 5 heteroatoms.